The summed E-state index contributed by atoms with van der Waals surface area (Å²) in [7, 11) is 1.65. The Morgan fingerprint density at radius 3 is 2.64 bits per heavy atom. The summed E-state index contributed by atoms with van der Waals surface area (Å²) in [6, 6.07) is 9.42. The second-order valence-electron chi connectivity index (χ2n) is 6.70. The fourth-order valence-corrected chi connectivity index (χ4v) is 4.88. The number of hydrogen-bond donors (Lipinski definition) is 0. The second kappa shape index (κ2) is 8.47. The fourth-order valence-electron chi connectivity index (χ4n) is 3.47. The SMILES string of the molecule is COC[C@H](C)n1c(C)cc(C(=O)COC(=O)c2sc3ccccc3c2Cl)c1C. The number of methoxy groups -OCH3 is 1. The molecule has 0 bridgehead atoms. The van der Waals surface area contributed by atoms with Gasteiger partial charge in [0.2, 0.25) is 5.78 Å². The molecule has 0 unspecified atom stereocenters. The number of aryl methyl sites for hydroxylation is 1. The molecule has 3 aromatic rings. The smallest absolute Gasteiger partial charge is 0.350 e. The normalized spacial score (nSPS) is 12.3. The van der Waals surface area contributed by atoms with Crippen LogP contribution in [-0.2, 0) is 9.47 Å². The summed E-state index contributed by atoms with van der Waals surface area (Å²) in [6.07, 6.45) is 0. The van der Waals surface area contributed by atoms with E-state index in [9.17, 15) is 9.59 Å². The van der Waals surface area contributed by atoms with Gasteiger partial charge in [0.15, 0.2) is 6.61 Å². The number of ether oxygens (including phenoxy) is 2. The average Bonchev–Trinajstić information content (AvgIpc) is 3.16. The Kier molecular flexibility index (Phi) is 6.23. The van der Waals surface area contributed by atoms with Gasteiger partial charge in [-0.05, 0) is 32.9 Å². The minimum atomic E-state index is -0.582. The zero-order valence-corrected chi connectivity index (χ0v) is 17.8. The summed E-state index contributed by atoms with van der Waals surface area (Å²) in [6.45, 7) is 6.08. The molecule has 2 heterocycles. The van der Waals surface area contributed by atoms with Crippen molar-refractivity contribution in [3.05, 3.63) is 57.2 Å². The lowest BCUT2D eigenvalue weighted by Gasteiger charge is -2.17. The molecule has 0 N–H and O–H groups in total. The number of benzene rings is 1. The monoisotopic (exact) mass is 419 g/mol. The van der Waals surface area contributed by atoms with E-state index in [-0.39, 0.29) is 18.4 Å². The van der Waals surface area contributed by atoms with Crippen molar-refractivity contribution in [2.45, 2.75) is 26.8 Å². The van der Waals surface area contributed by atoms with E-state index in [1.807, 2.05) is 51.1 Å². The Morgan fingerprint density at radius 2 is 1.96 bits per heavy atom. The van der Waals surface area contributed by atoms with Gasteiger partial charge in [-0.15, -0.1) is 11.3 Å². The van der Waals surface area contributed by atoms with E-state index in [1.165, 1.54) is 11.3 Å². The van der Waals surface area contributed by atoms with E-state index < -0.39 is 5.97 Å². The number of ketones is 1. The lowest BCUT2D eigenvalue weighted by atomic mass is 10.1. The first kappa shape index (κ1) is 20.6. The largest absolute Gasteiger partial charge is 0.453 e. The van der Waals surface area contributed by atoms with E-state index >= 15 is 0 Å². The lowest BCUT2D eigenvalue weighted by Crippen LogP contribution is -2.16. The van der Waals surface area contributed by atoms with Gasteiger partial charge >= 0.3 is 5.97 Å². The molecule has 3 rings (SSSR count). The van der Waals surface area contributed by atoms with E-state index in [1.54, 1.807) is 7.11 Å². The lowest BCUT2D eigenvalue weighted by molar-refractivity contribution is 0.0479. The molecular formula is C21H22ClNO4S. The molecule has 0 radical (unpaired) electrons. The molecule has 28 heavy (non-hydrogen) atoms. The number of esters is 1. The molecular weight excluding hydrogens is 398 g/mol. The van der Waals surface area contributed by atoms with Crippen LogP contribution in [0.2, 0.25) is 5.02 Å². The molecule has 1 aromatic carbocycles. The Labute approximate surface area is 172 Å². The Hall–Kier alpha value is -2.15. The first-order valence-electron chi connectivity index (χ1n) is 8.89. The zero-order chi connectivity index (χ0) is 20.4. The second-order valence-corrected chi connectivity index (χ2v) is 8.13. The van der Waals surface area contributed by atoms with Crippen LogP contribution in [0.4, 0.5) is 0 Å². The van der Waals surface area contributed by atoms with Crippen LogP contribution in [0.3, 0.4) is 0 Å². The number of rotatable bonds is 7. The molecule has 0 aliphatic rings. The van der Waals surface area contributed by atoms with Gasteiger partial charge in [0.25, 0.3) is 0 Å². The predicted octanol–water partition coefficient (Wildman–Crippen LogP) is 5.22. The number of aromatic nitrogens is 1. The van der Waals surface area contributed by atoms with Crippen LogP contribution < -0.4 is 0 Å². The highest BCUT2D eigenvalue weighted by molar-refractivity contribution is 7.21. The van der Waals surface area contributed by atoms with Gasteiger partial charge in [-0.1, -0.05) is 29.8 Å². The summed E-state index contributed by atoms with van der Waals surface area (Å²) in [5.41, 5.74) is 2.35. The van der Waals surface area contributed by atoms with Crippen LogP contribution in [0.5, 0.6) is 0 Å². The molecule has 7 heteroatoms. The number of fused-ring (bicyclic) bond motifs is 1. The van der Waals surface area contributed by atoms with Crippen molar-refractivity contribution < 1.29 is 19.1 Å². The van der Waals surface area contributed by atoms with Crippen molar-refractivity contribution in [1.82, 2.24) is 4.57 Å². The first-order valence-corrected chi connectivity index (χ1v) is 10.1. The van der Waals surface area contributed by atoms with E-state index in [0.717, 1.165) is 21.5 Å². The minimum absolute atomic E-state index is 0.103. The maximum absolute atomic E-state index is 12.7. The average molecular weight is 420 g/mol. The molecule has 0 spiro atoms. The first-order chi connectivity index (χ1) is 13.3. The van der Waals surface area contributed by atoms with Crippen LogP contribution in [-0.4, -0.2) is 36.6 Å². The highest BCUT2D eigenvalue weighted by Gasteiger charge is 2.22. The van der Waals surface area contributed by atoms with Crippen LogP contribution in [0, 0.1) is 13.8 Å². The van der Waals surface area contributed by atoms with Gasteiger partial charge < -0.3 is 14.0 Å². The van der Waals surface area contributed by atoms with Crippen molar-refractivity contribution in [3.63, 3.8) is 0 Å². The minimum Gasteiger partial charge on any atom is -0.453 e. The topological polar surface area (TPSA) is 57.5 Å². The number of halogens is 1. The van der Waals surface area contributed by atoms with E-state index in [2.05, 4.69) is 4.57 Å². The maximum atomic E-state index is 12.7. The van der Waals surface area contributed by atoms with Crippen LogP contribution in [0.1, 0.15) is 44.4 Å². The van der Waals surface area contributed by atoms with E-state index in [4.69, 9.17) is 21.1 Å². The van der Waals surface area contributed by atoms with Crippen molar-refractivity contribution in [2.24, 2.45) is 0 Å². The van der Waals surface area contributed by atoms with Crippen LogP contribution >= 0.6 is 22.9 Å². The molecule has 0 aliphatic carbocycles. The van der Waals surface area contributed by atoms with Crippen molar-refractivity contribution >= 4 is 44.8 Å². The van der Waals surface area contributed by atoms with Gasteiger partial charge in [-0.25, -0.2) is 4.79 Å². The highest BCUT2D eigenvalue weighted by atomic mass is 35.5. The maximum Gasteiger partial charge on any atom is 0.350 e. The molecule has 2 aromatic heterocycles. The standard InChI is InChI=1S/C21H22ClNO4S/c1-12-9-16(14(3)23(12)13(2)10-26-4)17(24)11-27-21(25)20-19(22)15-7-5-6-8-18(15)28-20/h5-9,13H,10-11H2,1-4H3/t13-/m0/s1. The van der Waals surface area contributed by atoms with Crippen LogP contribution in [0.15, 0.2) is 30.3 Å². The third-order valence-electron chi connectivity index (χ3n) is 4.69. The Balaban J connectivity index is 1.74. The van der Waals surface area contributed by atoms with Crippen molar-refractivity contribution in [2.75, 3.05) is 20.3 Å². The van der Waals surface area contributed by atoms with E-state index in [0.29, 0.717) is 22.1 Å². The van der Waals surface area contributed by atoms with Gasteiger partial charge in [0, 0.05) is 34.1 Å². The summed E-state index contributed by atoms with van der Waals surface area (Å²) < 4.78 is 13.4. The quantitative estimate of drug-likeness (QED) is 0.389. The Morgan fingerprint density at radius 1 is 1.25 bits per heavy atom. The number of Topliss-reactive ketones (excluding diaryl/α,β-unsaturated/α-hetero) is 1. The molecule has 1 atom stereocenters. The molecule has 5 nitrogen and oxygen atoms in total. The molecule has 0 saturated heterocycles. The molecule has 0 amide bonds. The van der Waals surface area contributed by atoms with Crippen molar-refractivity contribution in [3.8, 4) is 0 Å². The number of nitrogens with zero attached hydrogens (tertiary/aromatic N) is 1. The zero-order valence-electron chi connectivity index (χ0n) is 16.2. The van der Waals surface area contributed by atoms with Gasteiger partial charge in [0.05, 0.1) is 17.7 Å². The van der Waals surface area contributed by atoms with Gasteiger partial charge in [0.1, 0.15) is 4.88 Å². The molecule has 148 valence electrons. The summed E-state index contributed by atoms with van der Waals surface area (Å²) in [4.78, 5) is 25.4. The molecule has 0 fully saturated rings. The highest BCUT2D eigenvalue weighted by Crippen LogP contribution is 2.35. The number of thiophene rings is 1. The Bertz CT molecular complexity index is 1040. The van der Waals surface area contributed by atoms with Gasteiger partial charge in [-0.3, -0.25) is 4.79 Å². The number of carbonyl (C=O) groups is 2. The summed E-state index contributed by atoms with van der Waals surface area (Å²) in [5, 5.41) is 1.17. The molecule has 0 saturated carbocycles. The number of hydrogen-bond acceptors (Lipinski definition) is 5. The third kappa shape index (κ3) is 3.85. The fraction of sp³-hybridized carbons (Fsp3) is 0.333. The third-order valence-corrected chi connectivity index (χ3v) is 6.34. The van der Waals surface area contributed by atoms with Gasteiger partial charge in [-0.2, -0.15) is 0 Å². The predicted molar refractivity (Wildman–Crippen MR) is 112 cm³/mol. The summed E-state index contributed by atoms with van der Waals surface area (Å²) in [5.74, 6) is -0.823. The number of carbonyl (C=O) groups excluding carboxylic acids is 2. The molecule has 0 aliphatic heterocycles. The van der Waals surface area contributed by atoms with Crippen molar-refractivity contribution in [1.29, 1.82) is 0 Å². The summed E-state index contributed by atoms with van der Waals surface area (Å²) >= 11 is 7.57. The van der Waals surface area contributed by atoms with Crippen LogP contribution in [0.25, 0.3) is 10.1 Å².